The molecule has 0 bridgehead atoms. The van der Waals surface area contributed by atoms with Crippen LogP contribution in [-0.4, -0.2) is 27.6 Å². The molecule has 7 nitrogen and oxygen atoms in total. The third-order valence-electron chi connectivity index (χ3n) is 2.92. The molecular formula is C13H10N2O5. The van der Waals surface area contributed by atoms with E-state index in [1.165, 1.54) is 10.9 Å². The molecule has 0 atom stereocenters. The van der Waals surface area contributed by atoms with Crippen molar-refractivity contribution in [2.24, 2.45) is 0 Å². The molecule has 1 N–H and O–H groups in total. The smallest absolute Gasteiger partial charge is 0.360 e. The van der Waals surface area contributed by atoms with Crippen LogP contribution in [0.5, 0.6) is 11.5 Å². The molecule has 3 rings (SSSR count). The molecule has 2 aromatic rings. The molecule has 1 aliphatic heterocycles. The molecule has 0 fully saturated rings. The van der Waals surface area contributed by atoms with Gasteiger partial charge in [-0.2, -0.15) is 5.10 Å². The first-order valence-corrected chi connectivity index (χ1v) is 5.80. The molecule has 102 valence electrons. The van der Waals surface area contributed by atoms with Gasteiger partial charge in [0.1, 0.15) is 0 Å². The summed E-state index contributed by atoms with van der Waals surface area (Å²) < 4.78 is 11.8. The van der Waals surface area contributed by atoms with Gasteiger partial charge in [-0.15, -0.1) is 0 Å². The van der Waals surface area contributed by atoms with E-state index < -0.39 is 17.1 Å². The number of aryl methyl sites for hydroxylation is 1. The number of hydrogen-bond acceptors (Lipinski definition) is 5. The van der Waals surface area contributed by atoms with Gasteiger partial charge in [0.25, 0.3) is 0 Å². The van der Waals surface area contributed by atoms with Crippen molar-refractivity contribution < 1.29 is 19.4 Å². The number of ether oxygens (including phenoxy) is 2. The lowest BCUT2D eigenvalue weighted by molar-refractivity contribution is 0.0686. The monoisotopic (exact) mass is 274 g/mol. The molecular weight excluding hydrogens is 264 g/mol. The van der Waals surface area contributed by atoms with Crippen LogP contribution < -0.4 is 14.9 Å². The molecule has 7 heteroatoms. The topological polar surface area (TPSA) is 90.7 Å². The third-order valence-corrected chi connectivity index (χ3v) is 2.92. The van der Waals surface area contributed by atoms with E-state index in [1.807, 2.05) is 0 Å². The molecule has 0 saturated heterocycles. The minimum absolute atomic E-state index is 0.149. The molecule has 0 spiro atoms. The summed E-state index contributed by atoms with van der Waals surface area (Å²) in [5.74, 6) is -0.185. The van der Waals surface area contributed by atoms with Crippen molar-refractivity contribution in [2.45, 2.75) is 6.92 Å². The van der Waals surface area contributed by atoms with Gasteiger partial charge in [-0.25, -0.2) is 9.48 Å². The van der Waals surface area contributed by atoms with E-state index in [2.05, 4.69) is 5.10 Å². The predicted molar refractivity (Wildman–Crippen MR) is 67.7 cm³/mol. The van der Waals surface area contributed by atoms with E-state index >= 15 is 0 Å². The second kappa shape index (κ2) is 4.37. The summed E-state index contributed by atoms with van der Waals surface area (Å²) in [5, 5.41) is 12.8. The number of carboxylic acid groups (broad SMARTS) is 1. The molecule has 0 amide bonds. The first-order chi connectivity index (χ1) is 9.56. The van der Waals surface area contributed by atoms with Crippen molar-refractivity contribution in [1.29, 1.82) is 0 Å². The maximum atomic E-state index is 11.7. The molecule has 0 saturated carbocycles. The molecule has 1 aromatic heterocycles. The minimum atomic E-state index is -1.35. The highest BCUT2D eigenvalue weighted by atomic mass is 16.7. The fraction of sp³-hybridized carbons (Fsp3) is 0.154. The second-order valence-electron chi connectivity index (χ2n) is 4.28. The van der Waals surface area contributed by atoms with Gasteiger partial charge in [0.2, 0.25) is 17.9 Å². The maximum absolute atomic E-state index is 11.7. The van der Waals surface area contributed by atoms with Gasteiger partial charge in [-0.3, -0.25) is 4.79 Å². The van der Waals surface area contributed by atoms with Crippen LogP contribution in [-0.2, 0) is 0 Å². The number of fused-ring (bicyclic) bond motifs is 1. The van der Waals surface area contributed by atoms with Crippen LogP contribution in [0.2, 0.25) is 0 Å². The Balaban J connectivity index is 2.15. The second-order valence-corrected chi connectivity index (χ2v) is 4.28. The Hall–Kier alpha value is -2.83. The summed E-state index contributed by atoms with van der Waals surface area (Å²) in [7, 11) is 0. The fourth-order valence-electron chi connectivity index (χ4n) is 1.91. The normalized spacial score (nSPS) is 12.4. The van der Waals surface area contributed by atoms with Crippen molar-refractivity contribution in [3.8, 4) is 17.2 Å². The molecule has 0 aliphatic carbocycles. The van der Waals surface area contributed by atoms with E-state index in [0.29, 0.717) is 22.7 Å². The fourth-order valence-corrected chi connectivity index (χ4v) is 1.91. The largest absolute Gasteiger partial charge is 0.476 e. The van der Waals surface area contributed by atoms with Crippen LogP contribution in [0, 0.1) is 6.92 Å². The van der Waals surface area contributed by atoms with Crippen molar-refractivity contribution >= 4 is 5.97 Å². The van der Waals surface area contributed by atoms with Gasteiger partial charge in [-0.05, 0) is 19.1 Å². The van der Waals surface area contributed by atoms with Crippen LogP contribution in [0.3, 0.4) is 0 Å². The van der Waals surface area contributed by atoms with E-state index in [9.17, 15) is 9.59 Å². The highest BCUT2D eigenvalue weighted by molar-refractivity contribution is 5.85. The van der Waals surface area contributed by atoms with Gasteiger partial charge in [0.15, 0.2) is 11.5 Å². The number of hydrogen-bond donors (Lipinski definition) is 1. The Morgan fingerprint density at radius 3 is 2.85 bits per heavy atom. The van der Waals surface area contributed by atoms with Gasteiger partial charge < -0.3 is 14.6 Å². The number of carboxylic acids is 1. The molecule has 1 aliphatic rings. The van der Waals surface area contributed by atoms with Crippen molar-refractivity contribution in [3.63, 3.8) is 0 Å². The van der Waals surface area contributed by atoms with Gasteiger partial charge >= 0.3 is 5.97 Å². The van der Waals surface area contributed by atoms with Gasteiger partial charge in [0.05, 0.1) is 5.69 Å². The van der Waals surface area contributed by atoms with E-state index in [-0.39, 0.29) is 6.79 Å². The lowest BCUT2D eigenvalue weighted by Crippen LogP contribution is -2.23. The summed E-state index contributed by atoms with van der Waals surface area (Å²) in [5.41, 5.74) is -0.216. The summed E-state index contributed by atoms with van der Waals surface area (Å²) in [6.07, 6.45) is 1.48. The van der Waals surface area contributed by atoms with Gasteiger partial charge in [0, 0.05) is 17.8 Å². The van der Waals surface area contributed by atoms with E-state index in [1.54, 1.807) is 25.1 Å². The summed E-state index contributed by atoms with van der Waals surface area (Å²) in [4.78, 5) is 22.7. The summed E-state index contributed by atoms with van der Waals surface area (Å²) >= 11 is 0. The molecule has 20 heavy (non-hydrogen) atoms. The lowest BCUT2D eigenvalue weighted by atomic mass is 10.2. The van der Waals surface area contributed by atoms with Gasteiger partial charge in [-0.1, -0.05) is 0 Å². The molecule has 0 radical (unpaired) electrons. The first kappa shape index (κ1) is 12.2. The Morgan fingerprint density at radius 2 is 2.10 bits per heavy atom. The number of aromatic carboxylic acids is 1. The Morgan fingerprint density at radius 1 is 1.35 bits per heavy atom. The van der Waals surface area contributed by atoms with Crippen molar-refractivity contribution in [1.82, 2.24) is 9.78 Å². The predicted octanol–water partition coefficient (Wildman–Crippen LogP) is 0.968. The van der Waals surface area contributed by atoms with Crippen LogP contribution >= 0.6 is 0 Å². The number of rotatable bonds is 2. The lowest BCUT2D eigenvalue weighted by Gasteiger charge is -2.08. The van der Waals surface area contributed by atoms with E-state index in [4.69, 9.17) is 14.6 Å². The minimum Gasteiger partial charge on any atom is -0.476 e. The van der Waals surface area contributed by atoms with Crippen molar-refractivity contribution in [2.75, 3.05) is 6.79 Å². The quantitative estimate of drug-likeness (QED) is 0.877. The summed E-state index contributed by atoms with van der Waals surface area (Å²) in [6, 6.07) is 5.08. The Labute approximate surface area is 113 Å². The SMILES string of the molecule is Cc1cn(-c2ccc3c(c2)OCO3)nc(C(=O)O)c1=O. The molecule has 1 aromatic carbocycles. The van der Waals surface area contributed by atoms with E-state index in [0.717, 1.165) is 0 Å². The van der Waals surface area contributed by atoms with Crippen LogP contribution in [0.1, 0.15) is 16.1 Å². The number of aromatic nitrogens is 2. The number of carbonyl (C=O) groups is 1. The highest BCUT2D eigenvalue weighted by Crippen LogP contribution is 2.33. The summed E-state index contributed by atoms with van der Waals surface area (Å²) in [6.45, 7) is 1.69. The Kier molecular flexibility index (Phi) is 2.67. The first-order valence-electron chi connectivity index (χ1n) is 5.80. The van der Waals surface area contributed by atoms with Crippen LogP contribution in [0.15, 0.2) is 29.2 Å². The number of benzene rings is 1. The molecule has 0 unspecified atom stereocenters. The maximum Gasteiger partial charge on any atom is 0.360 e. The zero-order valence-electron chi connectivity index (χ0n) is 10.5. The van der Waals surface area contributed by atoms with Crippen LogP contribution in [0.25, 0.3) is 5.69 Å². The van der Waals surface area contributed by atoms with Crippen molar-refractivity contribution in [3.05, 3.63) is 45.9 Å². The number of nitrogens with zero attached hydrogens (tertiary/aromatic N) is 2. The third kappa shape index (κ3) is 1.89. The average Bonchev–Trinajstić information content (AvgIpc) is 2.88. The molecule has 2 heterocycles. The Bertz CT molecular complexity index is 766. The van der Waals surface area contributed by atoms with Crippen LogP contribution in [0.4, 0.5) is 0 Å². The zero-order valence-corrected chi connectivity index (χ0v) is 10.5. The zero-order chi connectivity index (χ0) is 14.3. The highest BCUT2D eigenvalue weighted by Gasteiger charge is 2.17. The average molecular weight is 274 g/mol. The standard InChI is InChI=1S/C13H10N2O5/c1-7-5-15(14-11(12(7)16)13(17)18)8-2-3-9-10(4-8)20-6-19-9/h2-5H,6H2,1H3,(H,17,18).